The summed E-state index contributed by atoms with van der Waals surface area (Å²) in [4.78, 5) is 13.2. The van der Waals surface area contributed by atoms with Crippen LogP contribution in [0.25, 0.3) is 0 Å². The molecule has 0 aliphatic carbocycles. The third kappa shape index (κ3) is 3.38. The first-order chi connectivity index (χ1) is 6.83. The van der Waals surface area contributed by atoms with Gasteiger partial charge >= 0.3 is 5.97 Å². The number of nitrogens with zero attached hydrogens (tertiary/aromatic N) is 1. The molecule has 0 saturated carbocycles. The molecule has 3 nitrogen and oxygen atoms in total. The van der Waals surface area contributed by atoms with E-state index >= 15 is 0 Å². The van der Waals surface area contributed by atoms with Crippen molar-refractivity contribution in [1.82, 2.24) is 4.90 Å². The summed E-state index contributed by atoms with van der Waals surface area (Å²) < 4.78 is 0.255. The van der Waals surface area contributed by atoms with Crippen molar-refractivity contribution < 1.29 is 9.90 Å². The summed E-state index contributed by atoms with van der Waals surface area (Å²) >= 11 is 1.97. The lowest BCUT2D eigenvalue weighted by Gasteiger charge is -2.41. The molecule has 0 bridgehead atoms. The van der Waals surface area contributed by atoms with Crippen LogP contribution in [0.5, 0.6) is 0 Å². The van der Waals surface area contributed by atoms with Crippen LogP contribution < -0.4 is 0 Å². The number of thioether (sulfide) groups is 1. The van der Waals surface area contributed by atoms with Crippen molar-refractivity contribution in [3.8, 4) is 0 Å². The van der Waals surface area contributed by atoms with Gasteiger partial charge < -0.3 is 5.11 Å². The molecule has 2 unspecified atom stereocenters. The molecule has 0 aromatic rings. The SMILES string of the molecule is CC(C(=O)O)C(C)N1CCSC(C)(C)C1. The third-order valence-electron chi connectivity index (χ3n) is 3.14. The van der Waals surface area contributed by atoms with Gasteiger partial charge in [-0.15, -0.1) is 0 Å². The first kappa shape index (κ1) is 12.8. The van der Waals surface area contributed by atoms with Gasteiger partial charge in [-0.3, -0.25) is 9.69 Å². The van der Waals surface area contributed by atoms with Crippen molar-refractivity contribution in [2.45, 2.75) is 38.5 Å². The Morgan fingerprint density at radius 3 is 2.53 bits per heavy atom. The molecule has 0 spiro atoms. The second kappa shape index (κ2) is 4.74. The number of hydrogen-bond donors (Lipinski definition) is 1. The summed E-state index contributed by atoms with van der Waals surface area (Å²) in [5.74, 6) is 0.117. The van der Waals surface area contributed by atoms with Crippen LogP contribution in [0.2, 0.25) is 0 Å². The Kier molecular flexibility index (Phi) is 4.06. The Morgan fingerprint density at radius 2 is 2.07 bits per heavy atom. The highest BCUT2D eigenvalue weighted by molar-refractivity contribution is 8.00. The summed E-state index contributed by atoms with van der Waals surface area (Å²) in [6, 6.07) is 0.127. The highest BCUT2D eigenvalue weighted by Crippen LogP contribution is 2.31. The van der Waals surface area contributed by atoms with E-state index in [0.717, 1.165) is 18.8 Å². The molecule has 2 atom stereocenters. The smallest absolute Gasteiger partial charge is 0.307 e. The number of rotatable bonds is 3. The van der Waals surface area contributed by atoms with Crippen LogP contribution in [0.15, 0.2) is 0 Å². The molecule has 0 radical (unpaired) electrons. The Balaban J connectivity index is 2.60. The first-order valence-corrected chi connectivity index (χ1v) is 6.43. The molecule has 1 N–H and O–H groups in total. The normalized spacial score (nSPS) is 25.9. The van der Waals surface area contributed by atoms with Gasteiger partial charge in [-0.25, -0.2) is 0 Å². The molecule has 1 rings (SSSR count). The minimum Gasteiger partial charge on any atom is -0.481 e. The van der Waals surface area contributed by atoms with Gasteiger partial charge in [0.05, 0.1) is 5.92 Å². The highest BCUT2D eigenvalue weighted by Gasteiger charge is 2.33. The highest BCUT2D eigenvalue weighted by atomic mass is 32.2. The van der Waals surface area contributed by atoms with Gasteiger partial charge in [-0.2, -0.15) is 11.8 Å². The zero-order chi connectivity index (χ0) is 11.6. The van der Waals surface area contributed by atoms with Crippen molar-refractivity contribution in [1.29, 1.82) is 0 Å². The van der Waals surface area contributed by atoms with Gasteiger partial charge in [0.2, 0.25) is 0 Å². The molecule has 0 amide bonds. The number of carboxylic acid groups (broad SMARTS) is 1. The Bertz CT molecular complexity index is 243. The van der Waals surface area contributed by atoms with Crippen LogP contribution in [-0.2, 0) is 4.79 Å². The van der Waals surface area contributed by atoms with Crippen LogP contribution in [0.1, 0.15) is 27.7 Å². The average Bonchev–Trinajstić information content (AvgIpc) is 2.13. The van der Waals surface area contributed by atoms with Crippen molar-refractivity contribution in [2.75, 3.05) is 18.8 Å². The minimum atomic E-state index is -0.696. The van der Waals surface area contributed by atoms with Gasteiger partial charge in [0.15, 0.2) is 0 Å². The van der Waals surface area contributed by atoms with E-state index in [1.165, 1.54) is 0 Å². The predicted octanol–water partition coefficient (Wildman–Crippen LogP) is 1.92. The molecular formula is C11H21NO2S. The van der Waals surface area contributed by atoms with E-state index in [4.69, 9.17) is 5.11 Å². The van der Waals surface area contributed by atoms with E-state index in [1.54, 1.807) is 6.92 Å². The maximum Gasteiger partial charge on any atom is 0.307 e. The van der Waals surface area contributed by atoms with Crippen LogP contribution in [0.4, 0.5) is 0 Å². The maximum absolute atomic E-state index is 10.9. The van der Waals surface area contributed by atoms with Gasteiger partial charge in [0.1, 0.15) is 0 Å². The van der Waals surface area contributed by atoms with E-state index in [-0.39, 0.29) is 16.7 Å². The van der Waals surface area contributed by atoms with Gasteiger partial charge in [0.25, 0.3) is 0 Å². The number of aliphatic carboxylic acids is 1. The van der Waals surface area contributed by atoms with Crippen LogP contribution >= 0.6 is 11.8 Å². The molecule has 1 fully saturated rings. The van der Waals surface area contributed by atoms with Crippen LogP contribution in [0, 0.1) is 5.92 Å². The molecule has 1 heterocycles. The molecule has 15 heavy (non-hydrogen) atoms. The van der Waals surface area contributed by atoms with E-state index in [0.29, 0.717) is 0 Å². The topological polar surface area (TPSA) is 40.5 Å². The van der Waals surface area contributed by atoms with Gasteiger partial charge in [-0.05, 0) is 20.8 Å². The van der Waals surface area contributed by atoms with E-state index in [9.17, 15) is 4.79 Å². The minimum absolute atomic E-state index is 0.127. The molecule has 1 saturated heterocycles. The van der Waals surface area contributed by atoms with Crippen molar-refractivity contribution >= 4 is 17.7 Å². The van der Waals surface area contributed by atoms with Crippen molar-refractivity contribution in [3.05, 3.63) is 0 Å². The summed E-state index contributed by atoms with van der Waals surface area (Å²) in [5, 5.41) is 8.98. The Morgan fingerprint density at radius 1 is 1.47 bits per heavy atom. The van der Waals surface area contributed by atoms with E-state index in [2.05, 4.69) is 18.7 Å². The summed E-state index contributed by atoms with van der Waals surface area (Å²) in [6.45, 7) is 10.2. The van der Waals surface area contributed by atoms with Crippen molar-refractivity contribution in [3.63, 3.8) is 0 Å². The summed E-state index contributed by atoms with van der Waals surface area (Å²) in [7, 11) is 0. The molecule has 88 valence electrons. The van der Waals surface area contributed by atoms with Crippen molar-refractivity contribution in [2.24, 2.45) is 5.92 Å². The fourth-order valence-electron chi connectivity index (χ4n) is 1.92. The zero-order valence-corrected chi connectivity index (χ0v) is 10.8. The number of carboxylic acids is 1. The standard InChI is InChI=1S/C11H21NO2S/c1-8(10(13)14)9(2)12-5-6-15-11(3,4)7-12/h8-9H,5-7H2,1-4H3,(H,13,14). The second-order valence-electron chi connectivity index (χ2n) is 4.95. The lowest BCUT2D eigenvalue weighted by molar-refractivity contribution is -0.143. The maximum atomic E-state index is 10.9. The molecule has 0 aromatic heterocycles. The monoisotopic (exact) mass is 231 g/mol. The molecule has 0 aromatic carbocycles. The van der Waals surface area contributed by atoms with Gasteiger partial charge in [-0.1, -0.05) is 6.92 Å². The molecule has 1 aliphatic rings. The average molecular weight is 231 g/mol. The Hall–Kier alpha value is -0.220. The Labute approximate surface area is 96.2 Å². The zero-order valence-electron chi connectivity index (χ0n) is 9.99. The second-order valence-corrected chi connectivity index (χ2v) is 6.75. The predicted molar refractivity (Wildman–Crippen MR) is 64.4 cm³/mol. The third-order valence-corrected chi connectivity index (χ3v) is 4.44. The quantitative estimate of drug-likeness (QED) is 0.805. The first-order valence-electron chi connectivity index (χ1n) is 5.44. The largest absolute Gasteiger partial charge is 0.481 e. The van der Waals surface area contributed by atoms with E-state index in [1.807, 2.05) is 18.7 Å². The lowest BCUT2D eigenvalue weighted by Crippen LogP contribution is -2.50. The fraction of sp³-hybridized carbons (Fsp3) is 0.909. The van der Waals surface area contributed by atoms with Crippen LogP contribution in [0.3, 0.4) is 0 Å². The summed E-state index contributed by atoms with van der Waals surface area (Å²) in [6.07, 6.45) is 0. The fourth-order valence-corrected chi connectivity index (χ4v) is 3.06. The van der Waals surface area contributed by atoms with E-state index < -0.39 is 5.97 Å². The lowest BCUT2D eigenvalue weighted by atomic mass is 10.0. The molecular weight excluding hydrogens is 210 g/mol. The van der Waals surface area contributed by atoms with Gasteiger partial charge in [0, 0.05) is 29.6 Å². The van der Waals surface area contributed by atoms with Crippen LogP contribution in [-0.4, -0.2) is 45.6 Å². The number of carbonyl (C=O) groups is 1. The molecule has 1 aliphatic heterocycles. The summed E-state index contributed by atoms with van der Waals surface area (Å²) in [5.41, 5.74) is 0. The molecule has 4 heteroatoms. The number of hydrogen-bond acceptors (Lipinski definition) is 3.